The van der Waals surface area contributed by atoms with E-state index < -0.39 is 17.3 Å². The van der Waals surface area contributed by atoms with Gasteiger partial charge in [0.15, 0.2) is 5.78 Å². The van der Waals surface area contributed by atoms with Gasteiger partial charge in [0.25, 0.3) is 0 Å². The van der Waals surface area contributed by atoms with E-state index in [1.54, 1.807) is 6.08 Å². The molecule has 3 N–H and O–H groups in total. The normalized spacial score (nSPS) is 11.1. The zero-order chi connectivity index (χ0) is 21.8. The van der Waals surface area contributed by atoms with E-state index in [0.717, 1.165) is 29.9 Å². The molecule has 0 aliphatic carbocycles. The Morgan fingerprint density at radius 3 is 2.03 bits per heavy atom. The number of carbonyl (C=O) groups is 1. The van der Waals surface area contributed by atoms with E-state index in [2.05, 4.69) is 6.92 Å². The van der Waals surface area contributed by atoms with E-state index in [1.807, 2.05) is 24.3 Å². The number of hydrogen-bond donors (Lipinski definition) is 3. The Hall–Kier alpha value is -2.95. The second-order valence-electron chi connectivity index (χ2n) is 7.45. The van der Waals surface area contributed by atoms with Gasteiger partial charge in [0.05, 0.1) is 6.61 Å². The summed E-state index contributed by atoms with van der Waals surface area (Å²) in [6.07, 6.45) is 13.0. The van der Waals surface area contributed by atoms with Crippen LogP contribution in [-0.2, 0) is 0 Å². The van der Waals surface area contributed by atoms with E-state index >= 15 is 0 Å². The van der Waals surface area contributed by atoms with Crippen LogP contribution < -0.4 is 4.74 Å². The third kappa shape index (κ3) is 7.82. The lowest BCUT2D eigenvalue weighted by molar-refractivity contribution is 0.104. The number of carbonyl (C=O) groups excluding carboxylic acids is 1. The zero-order valence-electron chi connectivity index (χ0n) is 17.6. The SMILES string of the molecule is CCCCCCCCCCOc1ccc(/C=C/C(=O)c2c(O)cc(O)cc2O)cc1. The highest BCUT2D eigenvalue weighted by molar-refractivity contribution is 6.10. The van der Waals surface area contributed by atoms with Crippen molar-refractivity contribution in [2.45, 2.75) is 58.3 Å². The molecule has 2 aromatic carbocycles. The van der Waals surface area contributed by atoms with Crippen LogP contribution in [0.4, 0.5) is 0 Å². The molecule has 5 nitrogen and oxygen atoms in total. The molecular formula is C25H32O5. The number of hydrogen-bond acceptors (Lipinski definition) is 5. The molecule has 162 valence electrons. The highest BCUT2D eigenvalue weighted by atomic mass is 16.5. The summed E-state index contributed by atoms with van der Waals surface area (Å²) in [5.74, 6) is -1.01. The molecule has 30 heavy (non-hydrogen) atoms. The quantitative estimate of drug-likeness (QED) is 0.206. The number of benzene rings is 2. The van der Waals surface area contributed by atoms with Crippen molar-refractivity contribution in [2.24, 2.45) is 0 Å². The third-order valence-electron chi connectivity index (χ3n) is 4.90. The lowest BCUT2D eigenvalue weighted by Crippen LogP contribution is -1.97. The van der Waals surface area contributed by atoms with Crippen LogP contribution in [0.1, 0.15) is 74.2 Å². The largest absolute Gasteiger partial charge is 0.508 e. The molecule has 0 aliphatic rings. The van der Waals surface area contributed by atoms with Crippen molar-refractivity contribution in [2.75, 3.05) is 6.61 Å². The van der Waals surface area contributed by atoms with Crippen LogP contribution in [-0.4, -0.2) is 27.7 Å². The van der Waals surface area contributed by atoms with E-state index in [-0.39, 0.29) is 11.3 Å². The number of aromatic hydroxyl groups is 3. The fourth-order valence-electron chi connectivity index (χ4n) is 3.21. The molecule has 2 rings (SSSR count). The summed E-state index contributed by atoms with van der Waals surface area (Å²) >= 11 is 0. The van der Waals surface area contributed by atoms with Crippen molar-refractivity contribution in [1.29, 1.82) is 0 Å². The smallest absolute Gasteiger partial charge is 0.193 e. The number of ketones is 1. The summed E-state index contributed by atoms with van der Waals surface area (Å²) in [5.41, 5.74) is 0.551. The topological polar surface area (TPSA) is 87.0 Å². The lowest BCUT2D eigenvalue weighted by atomic mass is 10.1. The molecule has 0 bridgehead atoms. The first-order valence-electron chi connectivity index (χ1n) is 10.7. The van der Waals surface area contributed by atoms with Gasteiger partial charge in [-0.2, -0.15) is 0 Å². The first kappa shape index (κ1) is 23.3. The highest BCUT2D eigenvalue weighted by Crippen LogP contribution is 2.32. The molecule has 0 aliphatic heterocycles. The average Bonchev–Trinajstić information content (AvgIpc) is 2.71. The Labute approximate surface area is 178 Å². The molecule has 0 unspecified atom stereocenters. The predicted molar refractivity (Wildman–Crippen MR) is 119 cm³/mol. The van der Waals surface area contributed by atoms with Crippen molar-refractivity contribution < 1.29 is 24.9 Å². The molecule has 0 atom stereocenters. The van der Waals surface area contributed by atoms with Crippen LogP contribution in [0.2, 0.25) is 0 Å². The number of ether oxygens (including phenoxy) is 1. The summed E-state index contributed by atoms with van der Waals surface area (Å²) in [4.78, 5) is 12.2. The Kier molecular flexibility index (Phi) is 9.78. The van der Waals surface area contributed by atoms with Crippen LogP contribution in [0.5, 0.6) is 23.0 Å². The van der Waals surface area contributed by atoms with Crippen LogP contribution in [0.3, 0.4) is 0 Å². The van der Waals surface area contributed by atoms with Gasteiger partial charge < -0.3 is 20.1 Å². The summed E-state index contributed by atoms with van der Waals surface area (Å²) in [6.45, 7) is 2.93. The molecule has 0 amide bonds. The summed E-state index contributed by atoms with van der Waals surface area (Å²) < 4.78 is 5.76. The second-order valence-corrected chi connectivity index (χ2v) is 7.45. The Bertz CT molecular complexity index is 801. The average molecular weight is 413 g/mol. The maximum absolute atomic E-state index is 12.2. The number of phenolic OH excluding ortho intramolecular Hbond substituents is 3. The van der Waals surface area contributed by atoms with Gasteiger partial charge in [0, 0.05) is 12.1 Å². The fourth-order valence-corrected chi connectivity index (χ4v) is 3.21. The molecule has 0 spiro atoms. The van der Waals surface area contributed by atoms with Gasteiger partial charge in [-0.25, -0.2) is 0 Å². The van der Waals surface area contributed by atoms with Crippen molar-refractivity contribution in [1.82, 2.24) is 0 Å². The Morgan fingerprint density at radius 1 is 0.867 bits per heavy atom. The molecule has 0 saturated carbocycles. The Morgan fingerprint density at radius 2 is 1.43 bits per heavy atom. The highest BCUT2D eigenvalue weighted by Gasteiger charge is 2.15. The van der Waals surface area contributed by atoms with E-state index in [0.29, 0.717) is 6.61 Å². The lowest BCUT2D eigenvalue weighted by Gasteiger charge is -2.07. The van der Waals surface area contributed by atoms with Gasteiger partial charge >= 0.3 is 0 Å². The number of rotatable bonds is 13. The van der Waals surface area contributed by atoms with Gasteiger partial charge in [0.2, 0.25) is 0 Å². The zero-order valence-corrected chi connectivity index (χ0v) is 17.6. The molecule has 0 fully saturated rings. The number of phenols is 3. The van der Waals surface area contributed by atoms with Crippen LogP contribution in [0.25, 0.3) is 6.08 Å². The number of allylic oxidation sites excluding steroid dienone is 1. The Balaban J connectivity index is 1.75. The summed E-state index contributed by atoms with van der Waals surface area (Å²) in [5, 5.41) is 28.9. The minimum absolute atomic E-state index is 0.241. The summed E-state index contributed by atoms with van der Waals surface area (Å²) in [7, 11) is 0. The van der Waals surface area contributed by atoms with Crippen molar-refractivity contribution in [3.63, 3.8) is 0 Å². The van der Waals surface area contributed by atoms with Gasteiger partial charge in [-0.1, -0.05) is 70.1 Å². The van der Waals surface area contributed by atoms with Gasteiger partial charge in [-0.05, 0) is 30.2 Å². The molecule has 0 saturated heterocycles. The van der Waals surface area contributed by atoms with Crippen molar-refractivity contribution >= 4 is 11.9 Å². The molecule has 0 aromatic heterocycles. The van der Waals surface area contributed by atoms with Crippen LogP contribution in [0, 0.1) is 0 Å². The maximum Gasteiger partial charge on any atom is 0.193 e. The minimum Gasteiger partial charge on any atom is -0.508 e. The van der Waals surface area contributed by atoms with Crippen LogP contribution in [0.15, 0.2) is 42.5 Å². The van der Waals surface area contributed by atoms with Gasteiger partial charge in [-0.3, -0.25) is 4.79 Å². The van der Waals surface area contributed by atoms with E-state index in [4.69, 9.17) is 4.74 Å². The molecule has 0 radical (unpaired) electrons. The molecule has 0 heterocycles. The maximum atomic E-state index is 12.2. The molecule has 2 aromatic rings. The molecular weight excluding hydrogens is 380 g/mol. The summed E-state index contributed by atoms with van der Waals surface area (Å²) in [6, 6.07) is 9.40. The molecule has 5 heteroatoms. The van der Waals surface area contributed by atoms with E-state index in [1.165, 1.54) is 51.0 Å². The second kappa shape index (κ2) is 12.6. The predicted octanol–water partition coefficient (Wildman–Crippen LogP) is 6.22. The van der Waals surface area contributed by atoms with Gasteiger partial charge in [-0.15, -0.1) is 0 Å². The van der Waals surface area contributed by atoms with Crippen molar-refractivity contribution in [3.05, 3.63) is 53.6 Å². The van der Waals surface area contributed by atoms with Crippen molar-refractivity contribution in [3.8, 4) is 23.0 Å². The fraction of sp³-hybridized carbons (Fsp3) is 0.400. The third-order valence-corrected chi connectivity index (χ3v) is 4.90. The van der Waals surface area contributed by atoms with Crippen LogP contribution >= 0.6 is 0 Å². The minimum atomic E-state index is -0.556. The monoisotopic (exact) mass is 412 g/mol. The number of unbranched alkanes of at least 4 members (excludes halogenated alkanes) is 7. The first-order valence-corrected chi connectivity index (χ1v) is 10.7. The first-order chi connectivity index (χ1) is 14.5. The van der Waals surface area contributed by atoms with E-state index in [9.17, 15) is 20.1 Å². The van der Waals surface area contributed by atoms with Gasteiger partial charge in [0.1, 0.15) is 28.6 Å². The standard InChI is InChI=1S/C25H32O5/c1-2-3-4-5-6-7-8-9-16-30-21-13-10-19(11-14-21)12-15-22(27)25-23(28)17-20(26)18-24(25)29/h10-15,17-18,26,28-29H,2-9,16H2,1H3/b15-12+.